The van der Waals surface area contributed by atoms with Crippen molar-refractivity contribution in [2.24, 2.45) is 0 Å². The minimum atomic E-state index is -0.110. The Morgan fingerprint density at radius 1 is 1.25 bits per heavy atom. The molecule has 0 radical (unpaired) electrons. The largest absolute Gasteiger partial charge is 0.490 e. The Balaban J connectivity index is 1.98. The normalized spacial score (nSPS) is 11.7. The average Bonchev–Trinajstić information content (AvgIpc) is 2.80. The first-order valence-corrected chi connectivity index (χ1v) is 6.98. The number of halogens is 2. The van der Waals surface area contributed by atoms with E-state index in [0.717, 1.165) is 5.82 Å². The lowest BCUT2D eigenvalue weighted by molar-refractivity contribution is 0.283. The number of hydrogen-bond acceptors (Lipinski definition) is 4. The molecule has 2 aromatic rings. The Hall–Kier alpha value is -1.33. The second kappa shape index (κ2) is 5.97. The molecular weight excluding hydrogens is 299 g/mol. The molecule has 0 aliphatic heterocycles. The van der Waals surface area contributed by atoms with Crippen LogP contribution in [-0.4, -0.2) is 26.8 Å². The quantitative estimate of drug-likeness (QED) is 0.868. The van der Waals surface area contributed by atoms with Gasteiger partial charge in [-0.1, -0.05) is 44.0 Å². The first-order chi connectivity index (χ1) is 9.38. The smallest absolute Gasteiger partial charge is 0.156 e. The lowest BCUT2D eigenvalue weighted by Crippen LogP contribution is -2.22. The molecule has 5 nitrogen and oxygen atoms in total. The third-order valence-corrected chi connectivity index (χ3v) is 3.19. The zero-order valence-electron chi connectivity index (χ0n) is 11.6. The van der Waals surface area contributed by atoms with Crippen molar-refractivity contribution in [3.05, 3.63) is 34.1 Å². The highest BCUT2D eigenvalue weighted by Crippen LogP contribution is 2.27. The van der Waals surface area contributed by atoms with Crippen LogP contribution >= 0.6 is 23.2 Å². The monoisotopic (exact) mass is 314 g/mol. The van der Waals surface area contributed by atoms with E-state index < -0.39 is 0 Å². The van der Waals surface area contributed by atoms with Crippen molar-refractivity contribution in [3.8, 4) is 5.75 Å². The Kier molecular flexibility index (Phi) is 4.50. The molecule has 0 spiro atoms. The van der Waals surface area contributed by atoms with Gasteiger partial charge in [-0.25, -0.2) is 4.68 Å². The third-order valence-electron chi connectivity index (χ3n) is 2.66. The Labute approximate surface area is 127 Å². The molecule has 108 valence electrons. The Morgan fingerprint density at radius 3 is 2.65 bits per heavy atom. The molecule has 0 fully saturated rings. The molecule has 0 amide bonds. The van der Waals surface area contributed by atoms with Crippen LogP contribution in [0.15, 0.2) is 18.2 Å². The van der Waals surface area contributed by atoms with E-state index >= 15 is 0 Å². The second-order valence-electron chi connectivity index (χ2n) is 5.40. The molecule has 0 N–H and O–H groups in total. The van der Waals surface area contributed by atoms with E-state index in [-0.39, 0.29) is 5.41 Å². The van der Waals surface area contributed by atoms with E-state index in [1.54, 1.807) is 22.9 Å². The van der Waals surface area contributed by atoms with Gasteiger partial charge < -0.3 is 4.74 Å². The fourth-order valence-corrected chi connectivity index (χ4v) is 2.19. The summed E-state index contributed by atoms with van der Waals surface area (Å²) in [5.41, 5.74) is -0.110. The molecule has 0 aliphatic carbocycles. The van der Waals surface area contributed by atoms with E-state index in [0.29, 0.717) is 28.9 Å². The van der Waals surface area contributed by atoms with Gasteiger partial charge in [0.15, 0.2) is 5.82 Å². The standard InChI is InChI=1S/C13H16Cl2N4O/c1-13(2,3)12-16-17-18-19(12)6-7-20-11-5-4-9(14)8-10(11)15/h4-5,8H,6-7H2,1-3H3. The molecule has 0 atom stereocenters. The van der Waals surface area contributed by atoms with Gasteiger partial charge >= 0.3 is 0 Å². The molecule has 1 aromatic carbocycles. The number of hydrogen-bond donors (Lipinski definition) is 0. The third kappa shape index (κ3) is 3.61. The summed E-state index contributed by atoms with van der Waals surface area (Å²) in [4.78, 5) is 0. The molecule has 20 heavy (non-hydrogen) atoms. The van der Waals surface area contributed by atoms with Gasteiger partial charge in [0.05, 0.1) is 11.6 Å². The molecule has 1 aromatic heterocycles. The molecule has 7 heteroatoms. The lowest BCUT2D eigenvalue weighted by atomic mass is 9.96. The summed E-state index contributed by atoms with van der Waals surface area (Å²) in [6.07, 6.45) is 0. The van der Waals surface area contributed by atoms with Crippen LogP contribution in [0.1, 0.15) is 26.6 Å². The lowest BCUT2D eigenvalue weighted by Gasteiger charge is -2.17. The molecule has 0 saturated carbocycles. The molecule has 1 heterocycles. The first kappa shape index (κ1) is 15.1. The van der Waals surface area contributed by atoms with Gasteiger partial charge in [0, 0.05) is 10.4 Å². The van der Waals surface area contributed by atoms with Crippen LogP contribution in [-0.2, 0) is 12.0 Å². The van der Waals surface area contributed by atoms with Crippen molar-refractivity contribution in [1.82, 2.24) is 20.2 Å². The second-order valence-corrected chi connectivity index (χ2v) is 6.24. The number of benzene rings is 1. The minimum absolute atomic E-state index is 0.110. The summed E-state index contributed by atoms with van der Waals surface area (Å²) in [7, 11) is 0. The van der Waals surface area contributed by atoms with Gasteiger partial charge in [0.2, 0.25) is 0 Å². The summed E-state index contributed by atoms with van der Waals surface area (Å²) in [5.74, 6) is 1.42. The van der Waals surface area contributed by atoms with E-state index in [9.17, 15) is 0 Å². The summed E-state index contributed by atoms with van der Waals surface area (Å²) < 4.78 is 7.37. The van der Waals surface area contributed by atoms with Gasteiger partial charge in [-0.3, -0.25) is 0 Å². The maximum absolute atomic E-state index is 6.04. The SMILES string of the molecule is CC(C)(C)c1nnnn1CCOc1ccc(Cl)cc1Cl. The van der Waals surface area contributed by atoms with Crippen LogP contribution in [0.25, 0.3) is 0 Å². The summed E-state index contributed by atoms with van der Waals surface area (Å²) in [5, 5.41) is 12.8. The van der Waals surface area contributed by atoms with Gasteiger partial charge in [-0.2, -0.15) is 0 Å². The van der Waals surface area contributed by atoms with Gasteiger partial charge in [0.25, 0.3) is 0 Å². The maximum Gasteiger partial charge on any atom is 0.156 e. The fraction of sp³-hybridized carbons (Fsp3) is 0.462. The zero-order chi connectivity index (χ0) is 14.8. The van der Waals surface area contributed by atoms with Crippen molar-refractivity contribution >= 4 is 23.2 Å². The summed E-state index contributed by atoms with van der Waals surface area (Å²) in [6, 6.07) is 5.13. The number of rotatable bonds is 4. The number of aromatic nitrogens is 4. The molecule has 0 unspecified atom stereocenters. The fourth-order valence-electron chi connectivity index (χ4n) is 1.73. The maximum atomic E-state index is 6.04. The Morgan fingerprint density at radius 2 is 2.00 bits per heavy atom. The van der Waals surface area contributed by atoms with Crippen molar-refractivity contribution < 1.29 is 4.74 Å². The van der Waals surface area contributed by atoms with E-state index in [2.05, 4.69) is 36.3 Å². The molecule has 2 rings (SSSR count). The highest BCUT2D eigenvalue weighted by atomic mass is 35.5. The molecule has 0 bridgehead atoms. The Bertz CT molecular complexity index is 592. The number of tetrazole rings is 1. The van der Waals surface area contributed by atoms with Crippen molar-refractivity contribution in [1.29, 1.82) is 0 Å². The van der Waals surface area contributed by atoms with Crippen molar-refractivity contribution in [2.75, 3.05) is 6.61 Å². The van der Waals surface area contributed by atoms with Crippen LogP contribution in [0.2, 0.25) is 10.0 Å². The van der Waals surface area contributed by atoms with Gasteiger partial charge in [-0.15, -0.1) is 5.10 Å². The van der Waals surface area contributed by atoms with Crippen LogP contribution in [0.3, 0.4) is 0 Å². The average molecular weight is 315 g/mol. The van der Waals surface area contributed by atoms with Crippen molar-refractivity contribution in [3.63, 3.8) is 0 Å². The van der Waals surface area contributed by atoms with E-state index in [1.165, 1.54) is 0 Å². The summed E-state index contributed by atoms with van der Waals surface area (Å²) >= 11 is 11.9. The minimum Gasteiger partial charge on any atom is -0.490 e. The van der Waals surface area contributed by atoms with Crippen molar-refractivity contribution in [2.45, 2.75) is 32.7 Å². The van der Waals surface area contributed by atoms with Crippen LogP contribution in [0.5, 0.6) is 5.75 Å². The van der Waals surface area contributed by atoms with Gasteiger partial charge in [-0.05, 0) is 28.6 Å². The first-order valence-electron chi connectivity index (χ1n) is 6.22. The highest BCUT2D eigenvalue weighted by molar-refractivity contribution is 6.35. The van der Waals surface area contributed by atoms with Crippen LogP contribution < -0.4 is 4.74 Å². The molecular formula is C13H16Cl2N4O. The zero-order valence-corrected chi connectivity index (χ0v) is 13.1. The topological polar surface area (TPSA) is 52.8 Å². The van der Waals surface area contributed by atoms with Crippen LogP contribution in [0, 0.1) is 0 Å². The molecule has 0 aliphatic rings. The van der Waals surface area contributed by atoms with Gasteiger partial charge in [0.1, 0.15) is 12.4 Å². The van der Waals surface area contributed by atoms with E-state index in [4.69, 9.17) is 27.9 Å². The van der Waals surface area contributed by atoms with E-state index in [1.807, 2.05) is 0 Å². The summed E-state index contributed by atoms with van der Waals surface area (Å²) in [6.45, 7) is 7.17. The number of ether oxygens (including phenoxy) is 1. The predicted octanol–water partition coefficient (Wildman–Crippen LogP) is 3.36. The number of nitrogens with zero attached hydrogens (tertiary/aromatic N) is 4. The highest BCUT2D eigenvalue weighted by Gasteiger charge is 2.21. The van der Waals surface area contributed by atoms with Crippen LogP contribution in [0.4, 0.5) is 0 Å². The predicted molar refractivity (Wildman–Crippen MR) is 78.5 cm³/mol. The molecule has 0 saturated heterocycles.